The average Bonchev–Trinajstić information content (AvgIpc) is 3.10. The molecule has 2 saturated carbocycles. The summed E-state index contributed by atoms with van der Waals surface area (Å²) in [5.41, 5.74) is 4.32. The van der Waals surface area contributed by atoms with E-state index in [0.29, 0.717) is 23.7 Å². The van der Waals surface area contributed by atoms with E-state index in [4.69, 9.17) is 5.11 Å². The Balaban J connectivity index is 1.41. The van der Waals surface area contributed by atoms with Gasteiger partial charge in [-0.1, -0.05) is 37.6 Å². The Bertz CT molecular complexity index is 922. The number of hydrogen-bond acceptors (Lipinski definition) is 3. The summed E-state index contributed by atoms with van der Waals surface area (Å²) in [4.78, 5) is 15.4. The molecule has 0 bridgehead atoms. The van der Waals surface area contributed by atoms with Crippen molar-refractivity contribution in [3.8, 4) is 0 Å². The van der Waals surface area contributed by atoms with Gasteiger partial charge in [0.2, 0.25) is 0 Å². The number of nitrogens with zero attached hydrogens (tertiary/aromatic N) is 1. The van der Waals surface area contributed by atoms with E-state index >= 15 is 0 Å². The molecular weight excluding hydrogens is 386 g/mol. The molecule has 0 saturated heterocycles. The molecule has 4 aliphatic carbocycles. The third-order valence-electron chi connectivity index (χ3n) is 9.55. The highest BCUT2D eigenvalue weighted by Gasteiger charge is 2.59. The zero-order chi connectivity index (χ0) is 21.8. The Labute approximate surface area is 185 Å². The number of rotatable bonds is 4. The summed E-state index contributed by atoms with van der Waals surface area (Å²) in [5.74, 6) is 1.03. The van der Waals surface area contributed by atoms with E-state index in [0.717, 1.165) is 44.9 Å². The van der Waals surface area contributed by atoms with E-state index in [-0.39, 0.29) is 17.3 Å². The summed E-state index contributed by atoms with van der Waals surface area (Å²) in [6.45, 7) is 4.85. The molecule has 4 nitrogen and oxygen atoms in total. The number of allylic oxidation sites excluding steroid dienone is 3. The Kier molecular flexibility index (Phi) is 5.12. The van der Waals surface area contributed by atoms with E-state index in [2.05, 4.69) is 37.0 Å². The lowest BCUT2D eigenvalue weighted by atomic mass is 9.46. The number of hydrogen-bond donors (Lipinski definition) is 2. The summed E-state index contributed by atoms with van der Waals surface area (Å²) >= 11 is 0. The molecule has 0 spiro atoms. The van der Waals surface area contributed by atoms with Crippen molar-refractivity contribution in [2.75, 3.05) is 0 Å². The fourth-order valence-corrected chi connectivity index (χ4v) is 7.84. The van der Waals surface area contributed by atoms with Gasteiger partial charge in [-0.3, -0.25) is 9.78 Å². The fourth-order valence-electron chi connectivity index (χ4n) is 7.84. The number of aliphatic carboxylic acids is 1. The first kappa shape index (κ1) is 20.9. The standard InChI is InChI=1S/C27H35NO3/c1-26-11-9-17(5-8-24(30)31)14-19(26)15-23(29)25-21-7-6-20(18-4-3-13-28-16-18)27(21,2)12-10-22(25)26/h3-4,6,13,15-17,21-23,25,29H,5,7-12,14H2,1-2H3,(H,30,31)/t17-,21+,22+,23+,25+,26+,27-/m1/s1. The molecule has 0 radical (unpaired) electrons. The molecule has 166 valence electrons. The van der Waals surface area contributed by atoms with E-state index < -0.39 is 12.1 Å². The van der Waals surface area contributed by atoms with Crippen LogP contribution < -0.4 is 0 Å². The second kappa shape index (κ2) is 7.58. The predicted molar refractivity (Wildman–Crippen MR) is 121 cm³/mol. The maximum atomic E-state index is 11.4. The molecule has 4 heteroatoms. The molecule has 0 amide bonds. The minimum absolute atomic E-state index is 0.103. The molecule has 31 heavy (non-hydrogen) atoms. The molecule has 4 aliphatic rings. The maximum Gasteiger partial charge on any atom is 0.303 e. The number of aromatic nitrogens is 1. The van der Waals surface area contributed by atoms with Crippen LogP contribution in [0.15, 0.2) is 42.3 Å². The monoisotopic (exact) mass is 421 g/mol. The highest BCUT2D eigenvalue weighted by molar-refractivity contribution is 5.72. The first-order valence-corrected chi connectivity index (χ1v) is 12.0. The van der Waals surface area contributed by atoms with Gasteiger partial charge in [0.1, 0.15) is 0 Å². The molecular formula is C27H35NO3. The molecule has 1 aromatic rings. The van der Waals surface area contributed by atoms with Gasteiger partial charge < -0.3 is 10.2 Å². The van der Waals surface area contributed by atoms with Crippen LogP contribution in [0.25, 0.3) is 5.57 Å². The molecule has 0 aromatic carbocycles. The van der Waals surface area contributed by atoms with Gasteiger partial charge >= 0.3 is 5.97 Å². The summed E-state index contributed by atoms with van der Waals surface area (Å²) < 4.78 is 0. The highest BCUT2D eigenvalue weighted by atomic mass is 16.4. The van der Waals surface area contributed by atoms with Gasteiger partial charge in [0, 0.05) is 18.8 Å². The van der Waals surface area contributed by atoms with Crippen molar-refractivity contribution in [3.63, 3.8) is 0 Å². The molecule has 1 aromatic heterocycles. The van der Waals surface area contributed by atoms with Crippen molar-refractivity contribution in [2.45, 2.75) is 71.3 Å². The van der Waals surface area contributed by atoms with Gasteiger partial charge in [0.05, 0.1) is 6.10 Å². The number of aliphatic hydroxyl groups excluding tert-OH is 1. The Morgan fingerprint density at radius 3 is 2.74 bits per heavy atom. The third kappa shape index (κ3) is 3.29. The highest BCUT2D eigenvalue weighted by Crippen LogP contribution is 2.66. The van der Waals surface area contributed by atoms with Crippen LogP contribution >= 0.6 is 0 Å². The molecule has 2 fully saturated rings. The van der Waals surface area contributed by atoms with Crippen LogP contribution in [0.2, 0.25) is 0 Å². The summed E-state index contributed by atoms with van der Waals surface area (Å²) in [7, 11) is 0. The van der Waals surface area contributed by atoms with Crippen LogP contribution in [0, 0.1) is 34.5 Å². The smallest absolute Gasteiger partial charge is 0.303 e. The molecule has 7 atom stereocenters. The first-order chi connectivity index (χ1) is 14.8. The number of carboxylic acid groups (broad SMARTS) is 1. The molecule has 1 heterocycles. The Morgan fingerprint density at radius 1 is 1.19 bits per heavy atom. The summed E-state index contributed by atoms with van der Waals surface area (Å²) in [5, 5.41) is 20.4. The zero-order valence-corrected chi connectivity index (χ0v) is 18.8. The Morgan fingerprint density at radius 2 is 2.00 bits per heavy atom. The zero-order valence-electron chi connectivity index (χ0n) is 18.8. The largest absolute Gasteiger partial charge is 0.481 e. The van der Waals surface area contributed by atoms with Crippen molar-refractivity contribution in [1.29, 1.82) is 0 Å². The summed E-state index contributed by atoms with van der Waals surface area (Å²) in [6.07, 6.45) is 15.6. The van der Waals surface area contributed by atoms with Gasteiger partial charge in [-0.25, -0.2) is 0 Å². The maximum absolute atomic E-state index is 11.4. The second-order valence-corrected chi connectivity index (χ2v) is 11.0. The number of aliphatic hydroxyl groups is 1. The van der Waals surface area contributed by atoms with Gasteiger partial charge in [-0.15, -0.1) is 0 Å². The number of fused-ring (bicyclic) bond motifs is 5. The molecule has 2 N–H and O–H groups in total. The molecule has 0 unspecified atom stereocenters. The lowest BCUT2D eigenvalue weighted by Crippen LogP contribution is -2.53. The Hall–Kier alpha value is -1.94. The van der Waals surface area contributed by atoms with Gasteiger partial charge in [0.15, 0.2) is 0 Å². The van der Waals surface area contributed by atoms with Crippen LogP contribution in [0.4, 0.5) is 0 Å². The normalized spacial score (nSPS) is 41.5. The van der Waals surface area contributed by atoms with Crippen molar-refractivity contribution in [2.24, 2.45) is 34.5 Å². The predicted octanol–water partition coefficient (Wildman–Crippen LogP) is 5.49. The lowest BCUT2D eigenvalue weighted by molar-refractivity contribution is -0.137. The lowest BCUT2D eigenvalue weighted by Gasteiger charge is -2.59. The van der Waals surface area contributed by atoms with Gasteiger partial charge in [-0.2, -0.15) is 0 Å². The topological polar surface area (TPSA) is 70.4 Å². The minimum Gasteiger partial charge on any atom is -0.481 e. The third-order valence-corrected chi connectivity index (χ3v) is 9.55. The molecule has 0 aliphatic heterocycles. The van der Waals surface area contributed by atoms with Crippen molar-refractivity contribution in [1.82, 2.24) is 4.98 Å². The van der Waals surface area contributed by atoms with Crippen molar-refractivity contribution >= 4 is 11.5 Å². The minimum atomic E-state index is -0.698. The first-order valence-electron chi connectivity index (χ1n) is 12.0. The van der Waals surface area contributed by atoms with Gasteiger partial charge in [-0.05, 0) is 96.7 Å². The number of carboxylic acids is 1. The van der Waals surface area contributed by atoms with Gasteiger partial charge in [0.25, 0.3) is 0 Å². The van der Waals surface area contributed by atoms with Crippen molar-refractivity contribution in [3.05, 3.63) is 47.8 Å². The van der Waals surface area contributed by atoms with Crippen LogP contribution in [0.3, 0.4) is 0 Å². The quantitative estimate of drug-likeness (QED) is 0.631. The van der Waals surface area contributed by atoms with E-state index in [1.54, 1.807) is 0 Å². The fraction of sp³-hybridized carbons (Fsp3) is 0.630. The average molecular weight is 422 g/mol. The van der Waals surface area contributed by atoms with E-state index in [9.17, 15) is 9.90 Å². The summed E-state index contributed by atoms with van der Waals surface area (Å²) in [6, 6.07) is 4.19. The number of pyridine rings is 1. The van der Waals surface area contributed by atoms with Crippen LogP contribution in [-0.2, 0) is 4.79 Å². The second-order valence-electron chi connectivity index (χ2n) is 11.0. The number of carbonyl (C=O) groups is 1. The van der Waals surface area contributed by atoms with E-state index in [1.165, 1.54) is 16.7 Å². The van der Waals surface area contributed by atoms with Crippen LogP contribution in [0.5, 0.6) is 0 Å². The van der Waals surface area contributed by atoms with E-state index in [1.807, 2.05) is 18.5 Å². The van der Waals surface area contributed by atoms with Crippen LogP contribution in [0.1, 0.15) is 70.8 Å². The molecule has 5 rings (SSSR count). The van der Waals surface area contributed by atoms with Crippen molar-refractivity contribution < 1.29 is 15.0 Å². The SMILES string of the molecule is C[C@]12CC[C@@H](CCC(=O)O)CC1=C[C@H](O)[C@@H]1[C@@H]2CC[C@]2(C)C(c3cccnc3)=CC[C@@H]12. The van der Waals surface area contributed by atoms with Crippen LogP contribution in [-0.4, -0.2) is 27.3 Å².